The summed E-state index contributed by atoms with van der Waals surface area (Å²) in [6, 6.07) is 24.8. The molecule has 31 heavy (non-hydrogen) atoms. The summed E-state index contributed by atoms with van der Waals surface area (Å²) in [5.74, 6) is 2.09. The van der Waals surface area contributed by atoms with Crippen LogP contribution in [0.5, 0.6) is 5.75 Å². The summed E-state index contributed by atoms with van der Waals surface area (Å²) < 4.78 is 5.80. The van der Waals surface area contributed by atoms with Crippen molar-refractivity contribution in [1.29, 1.82) is 0 Å². The number of thioether (sulfide) groups is 1. The van der Waals surface area contributed by atoms with Crippen LogP contribution in [-0.4, -0.2) is 21.1 Å². The van der Waals surface area contributed by atoms with Crippen LogP contribution in [0.15, 0.2) is 84.0 Å². The van der Waals surface area contributed by atoms with Gasteiger partial charge < -0.3 is 10.1 Å². The lowest BCUT2D eigenvalue weighted by Gasteiger charge is -2.06. The molecule has 1 amide bonds. The van der Waals surface area contributed by atoms with Crippen molar-refractivity contribution < 1.29 is 9.53 Å². The molecule has 0 aliphatic carbocycles. The summed E-state index contributed by atoms with van der Waals surface area (Å²) >= 11 is 1.53. The number of aromatic nitrogens is 3. The number of H-pyrrole nitrogens is 1. The van der Waals surface area contributed by atoms with Gasteiger partial charge in [-0.3, -0.25) is 9.89 Å². The smallest absolute Gasteiger partial charge is 0.255 e. The van der Waals surface area contributed by atoms with E-state index in [0.717, 1.165) is 22.6 Å². The number of nitrogens with one attached hydrogen (secondary N) is 2. The minimum Gasteiger partial charge on any atom is -0.485 e. The molecular formula is C24H22N4O2S. The fourth-order valence-corrected chi connectivity index (χ4v) is 3.67. The molecule has 4 rings (SSSR count). The van der Waals surface area contributed by atoms with Crippen molar-refractivity contribution in [3.05, 3.63) is 101 Å². The minimum atomic E-state index is -0.127. The Morgan fingerprint density at radius 3 is 2.52 bits per heavy atom. The number of nitrogens with zero attached hydrogens (tertiary/aromatic N) is 2. The van der Waals surface area contributed by atoms with Gasteiger partial charge in [-0.25, -0.2) is 4.98 Å². The molecule has 0 unspecified atom stereocenters. The minimum absolute atomic E-state index is 0.127. The summed E-state index contributed by atoms with van der Waals surface area (Å²) in [6.07, 6.45) is 0. The van der Waals surface area contributed by atoms with Crippen LogP contribution >= 0.6 is 11.8 Å². The van der Waals surface area contributed by atoms with Crippen molar-refractivity contribution in [2.45, 2.75) is 24.4 Å². The van der Waals surface area contributed by atoms with Crippen LogP contribution in [0.3, 0.4) is 0 Å². The van der Waals surface area contributed by atoms with E-state index in [-0.39, 0.29) is 5.91 Å². The van der Waals surface area contributed by atoms with Crippen LogP contribution in [0, 0.1) is 6.92 Å². The molecule has 1 heterocycles. The molecule has 0 aliphatic heterocycles. The first-order chi connectivity index (χ1) is 15.2. The highest BCUT2D eigenvalue weighted by atomic mass is 32.2. The molecular weight excluding hydrogens is 408 g/mol. The SMILES string of the molecule is Cc1ccccc1OCc1nc(SCc2ccc(C(=O)Nc3ccccc3)cc2)n[nH]1. The van der Waals surface area contributed by atoms with Gasteiger partial charge in [0.2, 0.25) is 5.16 Å². The van der Waals surface area contributed by atoms with Crippen molar-refractivity contribution in [3.8, 4) is 5.75 Å². The van der Waals surface area contributed by atoms with Gasteiger partial charge in [-0.2, -0.15) is 0 Å². The van der Waals surface area contributed by atoms with E-state index in [0.29, 0.717) is 28.9 Å². The third-order valence-electron chi connectivity index (χ3n) is 4.58. The molecule has 0 aliphatic rings. The lowest BCUT2D eigenvalue weighted by Crippen LogP contribution is -2.11. The highest BCUT2D eigenvalue weighted by Gasteiger charge is 2.08. The van der Waals surface area contributed by atoms with Crippen molar-refractivity contribution in [3.63, 3.8) is 0 Å². The Labute approximate surface area is 185 Å². The van der Waals surface area contributed by atoms with E-state index in [2.05, 4.69) is 20.5 Å². The normalized spacial score (nSPS) is 10.6. The van der Waals surface area contributed by atoms with Crippen LogP contribution in [0.2, 0.25) is 0 Å². The summed E-state index contributed by atoms with van der Waals surface area (Å²) in [6.45, 7) is 2.34. The molecule has 0 atom stereocenters. The van der Waals surface area contributed by atoms with Gasteiger partial charge in [0.25, 0.3) is 5.91 Å². The maximum Gasteiger partial charge on any atom is 0.255 e. The number of benzene rings is 3. The molecule has 6 nitrogen and oxygen atoms in total. The number of carbonyl (C=O) groups excluding carboxylic acids is 1. The second-order valence-electron chi connectivity index (χ2n) is 6.92. The standard InChI is InChI=1S/C24H22N4O2S/c1-17-7-5-6-10-21(17)30-15-22-26-24(28-27-22)31-16-18-11-13-19(14-12-18)23(29)25-20-8-3-2-4-9-20/h2-14H,15-16H2,1H3,(H,25,29)(H,26,27,28). The number of rotatable bonds is 8. The Hall–Kier alpha value is -3.58. The number of carbonyl (C=O) groups is 1. The first-order valence-electron chi connectivity index (χ1n) is 9.85. The number of para-hydroxylation sites is 2. The van der Waals surface area contributed by atoms with E-state index < -0.39 is 0 Å². The maximum atomic E-state index is 12.3. The van der Waals surface area contributed by atoms with Crippen LogP contribution in [0.1, 0.15) is 27.3 Å². The average Bonchev–Trinajstić information content (AvgIpc) is 3.26. The first kappa shape index (κ1) is 20.7. The van der Waals surface area contributed by atoms with Gasteiger partial charge in [-0.05, 0) is 48.4 Å². The first-order valence-corrected chi connectivity index (χ1v) is 10.8. The van der Waals surface area contributed by atoms with Crippen molar-refractivity contribution in [1.82, 2.24) is 15.2 Å². The van der Waals surface area contributed by atoms with Crippen molar-refractivity contribution in [2.75, 3.05) is 5.32 Å². The van der Waals surface area contributed by atoms with Gasteiger partial charge in [0.15, 0.2) is 5.82 Å². The number of aryl methyl sites for hydroxylation is 1. The quantitative estimate of drug-likeness (QED) is 0.374. The average molecular weight is 431 g/mol. The molecule has 156 valence electrons. The molecule has 0 radical (unpaired) electrons. The number of anilines is 1. The Kier molecular flexibility index (Phi) is 6.64. The van der Waals surface area contributed by atoms with E-state index in [1.165, 1.54) is 11.8 Å². The largest absolute Gasteiger partial charge is 0.485 e. The van der Waals surface area contributed by atoms with Gasteiger partial charge in [0, 0.05) is 17.0 Å². The van der Waals surface area contributed by atoms with Crippen LogP contribution < -0.4 is 10.1 Å². The van der Waals surface area contributed by atoms with Gasteiger partial charge in [0.1, 0.15) is 12.4 Å². The van der Waals surface area contributed by atoms with E-state index >= 15 is 0 Å². The van der Waals surface area contributed by atoms with Gasteiger partial charge in [-0.15, -0.1) is 5.10 Å². The number of ether oxygens (including phenoxy) is 1. The molecule has 7 heteroatoms. The summed E-state index contributed by atoms with van der Waals surface area (Å²) in [7, 11) is 0. The van der Waals surface area contributed by atoms with E-state index in [4.69, 9.17) is 4.74 Å². The highest BCUT2D eigenvalue weighted by molar-refractivity contribution is 7.98. The molecule has 0 spiro atoms. The topological polar surface area (TPSA) is 79.9 Å². The lowest BCUT2D eigenvalue weighted by atomic mass is 10.1. The molecule has 0 saturated carbocycles. The number of hydrogen-bond acceptors (Lipinski definition) is 5. The Morgan fingerprint density at radius 1 is 1.00 bits per heavy atom. The Bertz CT molecular complexity index is 1140. The molecule has 0 saturated heterocycles. The Morgan fingerprint density at radius 2 is 1.74 bits per heavy atom. The van der Waals surface area contributed by atoms with Crippen molar-refractivity contribution >= 4 is 23.4 Å². The molecule has 1 aromatic heterocycles. The van der Waals surface area contributed by atoms with Gasteiger partial charge in [0.05, 0.1) is 0 Å². The fraction of sp³-hybridized carbons (Fsp3) is 0.125. The summed E-state index contributed by atoms with van der Waals surface area (Å²) in [5.41, 5.74) is 3.56. The number of aromatic amines is 1. The molecule has 2 N–H and O–H groups in total. The van der Waals surface area contributed by atoms with E-state index in [1.54, 1.807) is 0 Å². The molecule has 0 bridgehead atoms. The molecule has 4 aromatic rings. The van der Waals surface area contributed by atoms with Crippen LogP contribution in [0.25, 0.3) is 0 Å². The van der Waals surface area contributed by atoms with E-state index in [9.17, 15) is 4.79 Å². The predicted octanol–water partition coefficient (Wildman–Crippen LogP) is 5.24. The van der Waals surface area contributed by atoms with Crippen LogP contribution in [0.4, 0.5) is 5.69 Å². The third-order valence-corrected chi connectivity index (χ3v) is 5.50. The zero-order valence-corrected chi connectivity index (χ0v) is 17.9. The second kappa shape index (κ2) is 9.95. The van der Waals surface area contributed by atoms with Crippen LogP contribution in [-0.2, 0) is 12.4 Å². The summed E-state index contributed by atoms with van der Waals surface area (Å²) in [4.78, 5) is 16.8. The number of hydrogen-bond donors (Lipinski definition) is 2. The van der Waals surface area contributed by atoms with Crippen molar-refractivity contribution in [2.24, 2.45) is 0 Å². The zero-order valence-electron chi connectivity index (χ0n) is 17.0. The Balaban J connectivity index is 1.27. The fourth-order valence-electron chi connectivity index (χ4n) is 2.90. The third kappa shape index (κ3) is 5.73. The maximum absolute atomic E-state index is 12.3. The summed E-state index contributed by atoms with van der Waals surface area (Å²) in [5, 5.41) is 10.7. The predicted molar refractivity (Wildman–Crippen MR) is 122 cm³/mol. The zero-order chi connectivity index (χ0) is 21.5. The van der Waals surface area contributed by atoms with Gasteiger partial charge in [-0.1, -0.05) is 60.3 Å². The monoisotopic (exact) mass is 430 g/mol. The molecule has 3 aromatic carbocycles. The highest BCUT2D eigenvalue weighted by Crippen LogP contribution is 2.21. The second-order valence-corrected chi connectivity index (χ2v) is 7.87. The molecule has 0 fully saturated rings. The van der Waals surface area contributed by atoms with Gasteiger partial charge >= 0.3 is 0 Å². The number of amides is 1. The lowest BCUT2D eigenvalue weighted by molar-refractivity contribution is 0.102. The van der Waals surface area contributed by atoms with E-state index in [1.807, 2.05) is 85.8 Å².